The van der Waals surface area contributed by atoms with Gasteiger partial charge in [0.15, 0.2) is 11.6 Å². The van der Waals surface area contributed by atoms with E-state index in [1.807, 2.05) is 13.0 Å². The van der Waals surface area contributed by atoms with Crippen LogP contribution in [0.3, 0.4) is 0 Å². The molecule has 168 valence electrons. The largest absolute Gasteiger partial charge is 0.494 e. The van der Waals surface area contributed by atoms with E-state index in [0.29, 0.717) is 33.2 Å². The first-order valence-electron chi connectivity index (χ1n) is 10.3. The lowest BCUT2D eigenvalue weighted by Gasteiger charge is -2.13. The van der Waals surface area contributed by atoms with Gasteiger partial charge < -0.3 is 20.0 Å². The number of fused-ring (bicyclic) bond motifs is 1. The quantitative estimate of drug-likeness (QED) is 0.435. The number of halogens is 1. The van der Waals surface area contributed by atoms with Gasteiger partial charge in [0.1, 0.15) is 0 Å². The number of amides is 1. The topological polar surface area (TPSA) is 104 Å². The van der Waals surface area contributed by atoms with Gasteiger partial charge in [-0.2, -0.15) is 0 Å². The van der Waals surface area contributed by atoms with Crippen molar-refractivity contribution in [1.29, 1.82) is 0 Å². The molecular formula is C25H22FN3O4. The fraction of sp³-hybridized carbons (Fsp3) is 0.160. The number of hydrogen-bond donors (Lipinski definition) is 3. The van der Waals surface area contributed by atoms with E-state index in [0.717, 1.165) is 11.3 Å². The van der Waals surface area contributed by atoms with Crippen molar-refractivity contribution >= 4 is 16.8 Å². The molecule has 8 heteroatoms. The number of carbonyl (C=O) groups excluding carboxylic acids is 1. The molecule has 3 N–H and O–H groups in total. The second kappa shape index (κ2) is 8.74. The van der Waals surface area contributed by atoms with Gasteiger partial charge in [0, 0.05) is 40.3 Å². The van der Waals surface area contributed by atoms with E-state index in [4.69, 9.17) is 4.74 Å². The predicted octanol–water partition coefficient (Wildman–Crippen LogP) is 3.58. The Bertz CT molecular complexity index is 1500. The minimum atomic E-state index is -0.507. The molecule has 0 atom stereocenters. The SMILES string of the molecule is COc1cc(-c2cc(C(=O)NCc3c(C)cc(C)[nH]c3=O)c3ccc(=O)[nH]c3c2)ccc1F. The van der Waals surface area contributed by atoms with Gasteiger partial charge in [-0.05, 0) is 66.9 Å². The van der Waals surface area contributed by atoms with Gasteiger partial charge in [-0.15, -0.1) is 0 Å². The van der Waals surface area contributed by atoms with Crippen LogP contribution in [0.1, 0.15) is 27.2 Å². The van der Waals surface area contributed by atoms with Crippen LogP contribution >= 0.6 is 0 Å². The molecule has 0 aliphatic rings. The number of aromatic amines is 2. The van der Waals surface area contributed by atoms with Crippen LogP contribution in [-0.2, 0) is 6.54 Å². The Kier molecular flexibility index (Phi) is 5.83. The van der Waals surface area contributed by atoms with E-state index in [1.165, 1.54) is 25.3 Å². The summed E-state index contributed by atoms with van der Waals surface area (Å²) in [5.41, 5.74) is 3.38. The zero-order valence-corrected chi connectivity index (χ0v) is 18.3. The molecule has 1 amide bonds. The van der Waals surface area contributed by atoms with Gasteiger partial charge in [-0.1, -0.05) is 6.07 Å². The fourth-order valence-electron chi connectivity index (χ4n) is 3.83. The lowest BCUT2D eigenvalue weighted by atomic mass is 9.98. The Labute approximate surface area is 188 Å². The molecule has 2 heterocycles. The fourth-order valence-corrected chi connectivity index (χ4v) is 3.83. The third-order valence-electron chi connectivity index (χ3n) is 5.49. The first-order chi connectivity index (χ1) is 15.8. The Balaban J connectivity index is 1.77. The van der Waals surface area contributed by atoms with Crippen LogP contribution in [0, 0.1) is 19.7 Å². The van der Waals surface area contributed by atoms with Gasteiger partial charge in [0.05, 0.1) is 7.11 Å². The van der Waals surface area contributed by atoms with Crippen molar-refractivity contribution in [3.63, 3.8) is 0 Å². The number of methoxy groups -OCH3 is 1. The molecule has 0 fully saturated rings. The molecule has 4 rings (SSSR count). The number of pyridine rings is 2. The highest BCUT2D eigenvalue weighted by Crippen LogP contribution is 2.30. The van der Waals surface area contributed by atoms with Crippen LogP contribution in [0.4, 0.5) is 4.39 Å². The predicted molar refractivity (Wildman–Crippen MR) is 124 cm³/mol. The van der Waals surface area contributed by atoms with E-state index in [1.54, 1.807) is 31.2 Å². The van der Waals surface area contributed by atoms with Gasteiger partial charge in [0.2, 0.25) is 5.56 Å². The molecule has 0 saturated heterocycles. The second-order valence-electron chi connectivity index (χ2n) is 7.78. The van der Waals surface area contributed by atoms with Crippen molar-refractivity contribution in [1.82, 2.24) is 15.3 Å². The highest BCUT2D eigenvalue weighted by Gasteiger charge is 2.16. The number of nitrogens with one attached hydrogen (secondary N) is 3. The number of aromatic nitrogens is 2. The maximum absolute atomic E-state index is 13.9. The van der Waals surface area contributed by atoms with Crippen molar-refractivity contribution in [3.05, 3.63) is 97.4 Å². The van der Waals surface area contributed by atoms with Gasteiger partial charge in [-0.25, -0.2) is 4.39 Å². The Morgan fingerprint density at radius 3 is 2.52 bits per heavy atom. The average molecular weight is 447 g/mol. The maximum Gasteiger partial charge on any atom is 0.253 e. The van der Waals surface area contributed by atoms with E-state index >= 15 is 0 Å². The molecule has 0 bridgehead atoms. The first-order valence-corrected chi connectivity index (χ1v) is 10.3. The van der Waals surface area contributed by atoms with Gasteiger partial charge in [0.25, 0.3) is 11.5 Å². The Hall–Kier alpha value is -4.20. The van der Waals surface area contributed by atoms with Crippen LogP contribution in [0.2, 0.25) is 0 Å². The third kappa shape index (κ3) is 4.41. The summed E-state index contributed by atoms with van der Waals surface area (Å²) in [5.74, 6) is -0.858. The second-order valence-corrected chi connectivity index (χ2v) is 7.78. The van der Waals surface area contributed by atoms with E-state index in [9.17, 15) is 18.8 Å². The molecule has 2 aromatic heterocycles. The van der Waals surface area contributed by atoms with Crippen LogP contribution in [0.15, 0.2) is 58.1 Å². The van der Waals surface area contributed by atoms with Crippen molar-refractivity contribution in [2.45, 2.75) is 20.4 Å². The van der Waals surface area contributed by atoms with Crippen LogP contribution < -0.4 is 21.2 Å². The average Bonchev–Trinajstić information content (AvgIpc) is 2.77. The summed E-state index contributed by atoms with van der Waals surface area (Å²) < 4.78 is 19.0. The Morgan fingerprint density at radius 1 is 1.00 bits per heavy atom. The molecule has 7 nitrogen and oxygen atoms in total. The summed E-state index contributed by atoms with van der Waals surface area (Å²) in [4.78, 5) is 42.8. The molecule has 4 aromatic rings. The summed E-state index contributed by atoms with van der Waals surface area (Å²) in [7, 11) is 1.37. The molecule has 33 heavy (non-hydrogen) atoms. The Morgan fingerprint density at radius 2 is 1.79 bits per heavy atom. The molecular weight excluding hydrogens is 425 g/mol. The van der Waals surface area contributed by atoms with Gasteiger partial charge in [-0.3, -0.25) is 14.4 Å². The van der Waals surface area contributed by atoms with E-state index in [-0.39, 0.29) is 23.4 Å². The maximum atomic E-state index is 13.9. The third-order valence-corrected chi connectivity index (χ3v) is 5.49. The molecule has 0 saturated carbocycles. The molecule has 0 aliphatic heterocycles. The highest BCUT2D eigenvalue weighted by molar-refractivity contribution is 6.07. The minimum Gasteiger partial charge on any atom is -0.494 e. The van der Waals surface area contributed by atoms with Crippen LogP contribution in [0.5, 0.6) is 5.75 Å². The van der Waals surface area contributed by atoms with Crippen molar-refractivity contribution < 1.29 is 13.9 Å². The molecule has 2 aromatic carbocycles. The summed E-state index contributed by atoms with van der Waals surface area (Å²) in [6.45, 7) is 3.64. The molecule has 0 radical (unpaired) electrons. The number of aryl methyl sites for hydroxylation is 2. The van der Waals surface area contributed by atoms with E-state index < -0.39 is 11.7 Å². The standard InChI is InChI=1S/C25H22FN3O4/c1-13-8-14(2)28-25(32)19(13)12-27-24(31)18-9-16(10-21-17(18)5-7-23(30)29-21)15-4-6-20(26)22(11-15)33-3/h4-11H,12H2,1-3H3,(H,27,31)(H,28,32)(H,29,30). The summed E-state index contributed by atoms with van der Waals surface area (Å²) in [6, 6.07) is 12.5. The zero-order valence-electron chi connectivity index (χ0n) is 18.3. The number of H-pyrrole nitrogens is 2. The molecule has 0 spiro atoms. The van der Waals surface area contributed by atoms with Crippen LogP contribution in [0.25, 0.3) is 22.0 Å². The smallest absolute Gasteiger partial charge is 0.253 e. The summed E-state index contributed by atoms with van der Waals surface area (Å²) in [6.07, 6.45) is 0. The molecule has 0 unspecified atom stereocenters. The van der Waals surface area contributed by atoms with Crippen molar-refractivity contribution in [2.24, 2.45) is 0 Å². The monoisotopic (exact) mass is 447 g/mol. The normalized spacial score (nSPS) is 10.9. The number of hydrogen-bond acceptors (Lipinski definition) is 4. The summed E-state index contributed by atoms with van der Waals surface area (Å²) >= 11 is 0. The summed E-state index contributed by atoms with van der Waals surface area (Å²) in [5, 5.41) is 3.34. The highest BCUT2D eigenvalue weighted by atomic mass is 19.1. The minimum absolute atomic E-state index is 0.0414. The number of benzene rings is 2. The number of ether oxygens (including phenoxy) is 1. The lowest BCUT2D eigenvalue weighted by molar-refractivity contribution is 0.0952. The number of carbonyl (C=O) groups is 1. The van der Waals surface area contributed by atoms with Crippen molar-refractivity contribution in [2.75, 3.05) is 7.11 Å². The molecule has 0 aliphatic carbocycles. The number of rotatable bonds is 5. The van der Waals surface area contributed by atoms with E-state index in [2.05, 4.69) is 15.3 Å². The zero-order chi connectivity index (χ0) is 23.7. The first kappa shape index (κ1) is 22.0. The van der Waals surface area contributed by atoms with Gasteiger partial charge >= 0.3 is 0 Å². The van der Waals surface area contributed by atoms with Crippen molar-refractivity contribution in [3.8, 4) is 16.9 Å². The lowest BCUT2D eigenvalue weighted by Crippen LogP contribution is -2.28. The van der Waals surface area contributed by atoms with Crippen LogP contribution in [-0.4, -0.2) is 23.0 Å².